The molecule has 6 heteroatoms. The topological polar surface area (TPSA) is 54.1 Å². The largest absolute Gasteiger partial charge is 0.370 e. The van der Waals surface area contributed by atoms with E-state index in [0.29, 0.717) is 11.1 Å². The van der Waals surface area contributed by atoms with Crippen LogP contribution in [-0.2, 0) is 0 Å². The zero-order valence-corrected chi connectivity index (χ0v) is 14.5. The predicted molar refractivity (Wildman–Crippen MR) is 95.3 cm³/mol. The molecule has 0 fully saturated rings. The van der Waals surface area contributed by atoms with Gasteiger partial charge in [-0.25, -0.2) is 0 Å². The van der Waals surface area contributed by atoms with Gasteiger partial charge < -0.3 is 9.80 Å². The predicted octanol–water partition coefficient (Wildman–Crippen LogP) is 3.90. The van der Waals surface area contributed by atoms with Crippen molar-refractivity contribution in [3.63, 3.8) is 0 Å². The zero-order valence-electron chi connectivity index (χ0n) is 12.9. The average molecular weight is 328 g/mol. The zero-order chi connectivity index (χ0) is 16.3. The Kier molecular flexibility index (Phi) is 4.87. The normalized spacial score (nSPS) is 11.4. The van der Waals surface area contributed by atoms with E-state index in [1.54, 1.807) is 0 Å². The van der Waals surface area contributed by atoms with Crippen LogP contribution in [0.2, 0.25) is 0 Å². The van der Waals surface area contributed by atoms with Crippen molar-refractivity contribution in [2.45, 2.75) is 0 Å². The van der Waals surface area contributed by atoms with Crippen molar-refractivity contribution in [2.24, 2.45) is 0 Å². The lowest BCUT2D eigenvalue weighted by Gasteiger charge is -2.07. The molecule has 0 unspecified atom stereocenters. The monoisotopic (exact) mass is 328 g/mol. The second-order valence-corrected chi connectivity index (χ2v) is 7.16. The first-order chi connectivity index (χ1) is 10.5. The van der Waals surface area contributed by atoms with Crippen LogP contribution in [0.5, 0.6) is 0 Å². The SMILES string of the molecule is CN(C)c1ccc(/C(C#N)=C(\C#N)c2ccc(N(C)C)s2)s1. The number of anilines is 2. The van der Waals surface area contributed by atoms with Crippen LogP contribution in [0.4, 0.5) is 10.0 Å². The Hall–Kier alpha value is -2.28. The summed E-state index contributed by atoms with van der Waals surface area (Å²) >= 11 is 3.03. The van der Waals surface area contributed by atoms with E-state index in [4.69, 9.17) is 0 Å². The molecule has 0 radical (unpaired) electrons. The molecule has 22 heavy (non-hydrogen) atoms. The second kappa shape index (κ2) is 6.65. The number of hydrogen-bond acceptors (Lipinski definition) is 6. The molecular formula is C16H16N4S2. The summed E-state index contributed by atoms with van der Waals surface area (Å²) in [5, 5.41) is 21.2. The summed E-state index contributed by atoms with van der Waals surface area (Å²) in [5.41, 5.74) is 0.875. The molecule has 0 spiro atoms. The number of rotatable bonds is 4. The Balaban J connectivity index is 2.53. The molecule has 2 rings (SSSR count). The molecule has 4 nitrogen and oxygen atoms in total. The molecule has 0 saturated heterocycles. The lowest BCUT2D eigenvalue weighted by Crippen LogP contribution is -2.05. The summed E-state index contributed by atoms with van der Waals surface area (Å²) in [6, 6.07) is 12.1. The average Bonchev–Trinajstić information content (AvgIpc) is 3.13. The first-order valence-corrected chi connectivity index (χ1v) is 8.20. The third-order valence-corrected chi connectivity index (χ3v) is 5.57. The summed E-state index contributed by atoms with van der Waals surface area (Å²) in [6.07, 6.45) is 0. The molecule has 0 aliphatic heterocycles. The van der Waals surface area contributed by atoms with Gasteiger partial charge in [0.1, 0.15) is 12.1 Å². The lowest BCUT2D eigenvalue weighted by atomic mass is 10.1. The molecule has 0 aromatic carbocycles. The van der Waals surface area contributed by atoms with Crippen LogP contribution < -0.4 is 9.80 Å². The minimum Gasteiger partial charge on any atom is -0.370 e. The maximum absolute atomic E-state index is 9.53. The van der Waals surface area contributed by atoms with E-state index >= 15 is 0 Å². The van der Waals surface area contributed by atoms with Crippen LogP contribution in [-0.4, -0.2) is 28.2 Å². The van der Waals surface area contributed by atoms with Crippen molar-refractivity contribution in [3.05, 3.63) is 34.0 Å². The van der Waals surface area contributed by atoms with Crippen LogP contribution >= 0.6 is 22.7 Å². The van der Waals surface area contributed by atoms with E-state index < -0.39 is 0 Å². The van der Waals surface area contributed by atoms with Crippen LogP contribution in [0, 0.1) is 22.7 Å². The van der Waals surface area contributed by atoms with Gasteiger partial charge in [-0.3, -0.25) is 0 Å². The van der Waals surface area contributed by atoms with Crippen LogP contribution in [0.1, 0.15) is 9.75 Å². The molecular weight excluding hydrogens is 312 g/mol. The fourth-order valence-electron chi connectivity index (χ4n) is 1.87. The molecule has 2 heterocycles. The molecule has 2 aromatic heterocycles. The number of nitrogens with zero attached hydrogens (tertiary/aromatic N) is 4. The van der Waals surface area contributed by atoms with Gasteiger partial charge >= 0.3 is 0 Å². The molecule has 0 atom stereocenters. The molecule has 0 N–H and O–H groups in total. The maximum Gasteiger partial charge on any atom is 0.102 e. The molecule has 0 bridgehead atoms. The third kappa shape index (κ3) is 3.14. The van der Waals surface area contributed by atoms with Gasteiger partial charge in [0.05, 0.1) is 21.1 Å². The summed E-state index contributed by atoms with van der Waals surface area (Å²) in [4.78, 5) is 5.62. The summed E-state index contributed by atoms with van der Waals surface area (Å²) in [7, 11) is 7.83. The fourth-order valence-corrected chi connectivity index (χ4v) is 3.73. The smallest absolute Gasteiger partial charge is 0.102 e. The van der Waals surface area contributed by atoms with Crippen molar-refractivity contribution in [3.8, 4) is 12.1 Å². The number of allylic oxidation sites excluding steroid dienone is 2. The van der Waals surface area contributed by atoms with Gasteiger partial charge in [0.15, 0.2) is 0 Å². The van der Waals surface area contributed by atoms with E-state index in [1.807, 2.05) is 62.3 Å². The van der Waals surface area contributed by atoms with E-state index in [9.17, 15) is 10.5 Å². The van der Waals surface area contributed by atoms with Gasteiger partial charge in [0.2, 0.25) is 0 Å². The van der Waals surface area contributed by atoms with Gasteiger partial charge in [-0.05, 0) is 24.3 Å². The molecule has 2 aromatic rings. The summed E-state index contributed by atoms with van der Waals surface area (Å²) < 4.78 is 0. The third-order valence-electron chi connectivity index (χ3n) is 3.03. The van der Waals surface area contributed by atoms with Gasteiger partial charge in [0, 0.05) is 37.9 Å². The van der Waals surface area contributed by atoms with Crippen molar-refractivity contribution < 1.29 is 0 Å². The highest BCUT2D eigenvalue weighted by molar-refractivity contribution is 7.18. The van der Waals surface area contributed by atoms with Crippen LogP contribution in [0.25, 0.3) is 11.1 Å². The Bertz CT molecular complexity index is 715. The van der Waals surface area contributed by atoms with E-state index in [2.05, 4.69) is 12.1 Å². The van der Waals surface area contributed by atoms with Crippen molar-refractivity contribution >= 4 is 43.8 Å². The van der Waals surface area contributed by atoms with Crippen molar-refractivity contribution in [1.29, 1.82) is 10.5 Å². The van der Waals surface area contributed by atoms with Crippen molar-refractivity contribution in [1.82, 2.24) is 0 Å². The highest BCUT2D eigenvalue weighted by atomic mass is 32.1. The summed E-state index contributed by atoms with van der Waals surface area (Å²) in [6.45, 7) is 0. The highest BCUT2D eigenvalue weighted by Gasteiger charge is 2.16. The van der Waals surface area contributed by atoms with Gasteiger partial charge in [-0.15, -0.1) is 22.7 Å². The number of nitriles is 2. The maximum atomic E-state index is 9.53. The molecule has 0 saturated carbocycles. The first-order valence-electron chi connectivity index (χ1n) is 6.57. The summed E-state index contributed by atoms with van der Waals surface area (Å²) in [5.74, 6) is 0. The standard InChI is InChI=1S/C16H16N4S2/c1-19(2)15-7-5-13(21-15)11(9-17)12(10-18)14-6-8-16(22-14)20(3)4/h5-8H,1-4H3/b12-11+. The van der Waals surface area contributed by atoms with E-state index in [-0.39, 0.29) is 0 Å². The lowest BCUT2D eigenvalue weighted by molar-refractivity contribution is 1.16. The number of hydrogen-bond donors (Lipinski definition) is 0. The quantitative estimate of drug-likeness (QED) is 0.799. The van der Waals surface area contributed by atoms with E-state index in [1.165, 1.54) is 22.7 Å². The first kappa shape index (κ1) is 16.1. The van der Waals surface area contributed by atoms with Crippen molar-refractivity contribution in [2.75, 3.05) is 38.0 Å². The second-order valence-electron chi connectivity index (χ2n) is 5.04. The van der Waals surface area contributed by atoms with Gasteiger partial charge in [-0.2, -0.15) is 10.5 Å². The Morgan fingerprint density at radius 3 is 1.36 bits per heavy atom. The molecule has 112 valence electrons. The minimum atomic E-state index is 0.438. The fraction of sp³-hybridized carbons (Fsp3) is 0.250. The van der Waals surface area contributed by atoms with Gasteiger partial charge in [0.25, 0.3) is 0 Å². The molecule has 0 aliphatic carbocycles. The highest BCUT2D eigenvalue weighted by Crippen LogP contribution is 2.37. The Labute approximate surface area is 138 Å². The molecule has 0 aliphatic rings. The van der Waals surface area contributed by atoms with Crippen LogP contribution in [0.15, 0.2) is 24.3 Å². The Morgan fingerprint density at radius 2 is 1.14 bits per heavy atom. The van der Waals surface area contributed by atoms with Gasteiger partial charge in [-0.1, -0.05) is 0 Å². The Morgan fingerprint density at radius 1 is 0.773 bits per heavy atom. The van der Waals surface area contributed by atoms with Crippen LogP contribution in [0.3, 0.4) is 0 Å². The minimum absolute atomic E-state index is 0.438. The van der Waals surface area contributed by atoms with E-state index in [0.717, 1.165) is 19.8 Å². The molecule has 0 amide bonds. The number of thiophene rings is 2.